The molecule has 0 saturated carbocycles. The van der Waals surface area contributed by atoms with Crippen molar-refractivity contribution < 1.29 is 19.1 Å². The average Bonchev–Trinajstić information content (AvgIpc) is 3.04. The van der Waals surface area contributed by atoms with Crippen LogP contribution in [0.3, 0.4) is 0 Å². The Morgan fingerprint density at radius 1 is 0.806 bits per heavy atom. The fraction of sp³-hybridized carbons (Fsp3) is 0.440. The van der Waals surface area contributed by atoms with Crippen LogP contribution in [0.25, 0.3) is 0 Å². The zero-order valence-electron chi connectivity index (χ0n) is 18.1. The van der Waals surface area contributed by atoms with E-state index in [1.54, 1.807) is 0 Å². The van der Waals surface area contributed by atoms with E-state index in [-0.39, 0.29) is 18.4 Å². The molecule has 0 aliphatic carbocycles. The van der Waals surface area contributed by atoms with Crippen molar-refractivity contribution in [2.24, 2.45) is 0 Å². The fourth-order valence-corrected chi connectivity index (χ4v) is 3.59. The third-order valence-electron chi connectivity index (χ3n) is 5.33. The first-order chi connectivity index (χ1) is 15.2. The number of ether oxygens (including phenoxy) is 2. The van der Waals surface area contributed by atoms with Crippen LogP contribution < -0.4 is 0 Å². The van der Waals surface area contributed by atoms with E-state index in [1.165, 1.54) is 0 Å². The predicted octanol–water partition coefficient (Wildman–Crippen LogP) is 3.26. The Morgan fingerprint density at radius 2 is 1.48 bits per heavy atom. The van der Waals surface area contributed by atoms with E-state index in [0.29, 0.717) is 39.3 Å². The third kappa shape index (κ3) is 8.52. The molecule has 1 aliphatic heterocycles. The number of carbonyl (C=O) groups is 2. The van der Waals surface area contributed by atoms with Crippen LogP contribution in [0.15, 0.2) is 60.7 Å². The van der Waals surface area contributed by atoms with Gasteiger partial charge in [0.1, 0.15) is 6.61 Å². The highest BCUT2D eigenvalue weighted by molar-refractivity contribution is 5.76. The van der Waals surface area contributed by atoms with Gasteiger partial charge in [0.2, 0.25) is 5.91 Å². The van der Waals surface area contributed by atoms with E-state index >= 15 is 0 Å². The Kier molecular flexibility index (Phi) is 9.54. The largest absolute Gasteiger partial charge is 0.460 e. The number of hydrogen-bond acceptors (Lipinski definition) is 5. The van der Waals surface area contributed by atoms with E-state index in [0.717, 1.165) is 37.1 Å². The standard InChI is InChI=1S/C25H32N2O4/c28-24(13-7-18-30-20-22-9-3-1-4-10-22)27-15-8-14-26(16-17-27)19-25(29)31-21-23-11-5-2-6-12-23/h1-6,9-12H,7-8,13-21H2. The second-order valence-corrected chi connectivity index (χ2v) is 7.80. The Morgan fingerprint density at radius 3 is 2.19 bits per heavy atom. The second-order valence-electron chi connectivity index (χ2n) is 7.80. The lowest BCUT2D eigenvalue weighted by atomic mass is 10.2. The number of amides is 1. The van der Waals surface area contributed by atoms with Crippen LogP contribution in [0, 0.1) is 0 Å². The summed E-state index contributed by atoms with van der Waals surface area (Å²) in [6, 6.07) is 19.7. The van der Waals surface area contributed by atoms with E-state index in [9.17, 15) is 9.59 Å². The highest BCUT2D eigenvalue weighted by Crippen LogP contribution is 2.08. The van der Waals surface area contributed by atoms with Crippen molar-refractivity contribution in [3.05, 3.63) is 71.8 Å². The number of benzene rings is 2. The minimum absolute atomic E-state index is 0.164. The molecule has 1 aliphatic rings. The smallest absolute Gasteiger partial charge is 0.320 e. The topological polar surface area (TPSA) is 59.1 Å². The van der Waals surface area contributed by atoms with Gasteiger partial charge in [0, 0.05) is 39.2 Å². The summed E-state index contributed by atoms with van der Waals surface area (Å²) in [7, 11) is 0. The molecule has 166 valence electrons. The Bertz CT molecular complexity index is 798. The molecular formula is C25H32N2O4. The summed E-state index contributed by atoms with van der Waals surface area (Å²) in [4.78, 5) is 28.7. The quantitative estimate of drug-likeness (QED) is 0.433. The summed E-state index contributed by atoms with van der Waals surface area (Å²) in [6.45, 7) is 4.59. The van der Waals surface area contributed by atoms with Crippen molar-refractivity contribution in [2.45, 2.75) is 32.5 Å². The molecule has 0 bridgehead atoms. The van der Waals surface area contributed by atoms with Crippen LogP contribution >= 0.6 is 0 Å². The molecule has 0 N–H and O–H groups in total. The van der Waals surface area contributed by atoms with Gasteiger partial charge in [-0.1, -0.05) is 60.7 Å². The lowest BCUT2D eigenvalue weighted by Crippen LogP contribution is -2.37. The zero-order chi connectivity index (χ0) is 21.7. The normalized spacial score (nSPS) is 14.8. The first-order valence-electron chi connectivity index (χ1n) is 11.0. The maximum absolute atomic E-state index is 12.5. The molecule has 1 amide bonds. The number of hydrogen-bond donors (Lipinski definition) is 0. The molecule has 0 spiro atoms. The molecule has 6 heteroatoms. The lowest BCUT2D eigenvalue weighted by molar-refractivity contribution is -0.146. The van der Waals surface area contributed by atoms with Crippen LogP contribution in [0.5, 0.6) is 0 Å². The van der Waals surface area contributed by atoms with Crippen LogP contribution in [-0.4, -0.2) is 61.0 Å². The summed E-state index contributed by atoms with van der Waals surface area (Å²) >= 11 is 0. The number of nitrogens with zero attached hydrogens (tertiary/aromatic N) is 2. The SMILES string of the molecule is O=C(CN1CCCN(C(=O)CCCOCc2ccccc2)CC1)OCc1ccccc1. The molecule has 0 aromatic heterocycles. The van der Waals surface area contributed by atoms with Crippen molar-refractivity contribution in [1.82, 2.24) is 9.80 Å². The van der Waals surface area contributed by atoms with Gasteiger partial charge in [-0.15, -0.1) is 0 Å². The molecule has 2 aromatic carbocycles. The minimum atomic E-state index is -0.223. The van der Waals surface area contributed by atoms with Crippen LogP contribution in [0.4, 0.5) is 0 Å². The molecule has 1 saturated heterocycles. The van der Waals surface area contributed by atoms with E-state index < -0.39 is 0 Å². The van der Waals surface area contributed by atoms with Gasteiger partial charge < -0.3 is 14.4 Å². The van der Waals surface area contributed by atoms with Crippen LogP contribution in [-0.2, 0) is 32.3 Å². The zero-order valence-corrected chi connectivity index (χ0v) is 18.1. The Hall–Kier alpha value is -2.70. The number of esters is 1. The minimum Gasteiger partial charge on any atom is -0.460 e. The van der Waals surface area contributed by atoms with Gasteiger partial charge in [-0.2, -0.15) is 0 Å². The molecule has 31 heavy (non-hydrogen) atoms. The summed E-state index contributed by atoms with van der Waals surface area (Å²) in [5.41, 5.74) is 2.12. The molecule has 0 unspecified atom stereocenters. The Labute approximate surface area is 184 Å². The van der Waals surface area contributed by atoms with Gasteiger partial charge in [0.15, 0.2) is 0 Å². The van der Waals surface area contributed by atoms with Gasteiger partial charge in [0.05, 0.1) is 13.2 Å². The monoisotopic (exact) mass is 424 g/mol. The van der Waals surface area contributed by atoms with Crippen molar-refractivity contribution in [1.29, 1.82) is 0 Å². The molecule has 3 rings (SSSR count). The van der Waals surface area contributed by atoms with Gasteiger partial charge in [-0.05, 0) is 24.0 Å². The fourth-order valence-electron chi connectivity index (χ4n) is 3.59. The predicted molar refractivity (Wildman–Crippen MR) is 119 cm³/mol. The molecule has 1 heterocycles. The molecule has 2 aromatic rings. The van der Waals surface area contributed by atoms with Crippen LogP contribution in [0.1, 0.15) is 30.4 Å². The third-order valence-corrected chi connectivity index (χ3v) is 5.33. The number of carbonyl (C=O) groups excluding carboxylic acids is 2. The average molecular weight is 425 g/mol. The highest BCUT2D eigenvalue weighted by atomic mass is 16.5. The van der Waals surface area contributed by atoms with E-state index in [2.05, 4.69) is 4.90 Å². The number of rotatable bonds is 10. The maximum Gasteiger partial charge on any atom is 0.320 e. The summed E-state index contributed by atoms with van der Waals surface area (Å²) in [6.07, 6.45) is 2.08. The van der Waals surface area contributed by atoms with Crippen LogP contribution in [0.2, 0.25) is 0 Å². The van der Waals surface area contributed by atoms with Gasteiger partial charge in [0.25, 0.3) is 0 Å². The van der Waals surface area contributed by atoms with Gasteiger partial charge >= 0.3 is 5.97 Å². The first kappa shape index (κ1) is 23.0. The molecule has 6 nitrogen and oxygen atoms in total. The van der Waals surface area contributed by atoms with Crippen molar-refractivity contribution in [3.63, 3.8) is 0 Å². The summed E-state index contributed by atoms with van der Waals surface area (Å²) in [5.74, 6) is -0.0593. The first-order valence-corrected chi connectivity index (χ1v) is 11.0. The maximum atomic E-state index is 12.5. The van der Waals surface area contributed by atoms with Crippen molar-refractivity contribution in [2.75, 3.05) is 39.3 Å². The molecule has 0 radical (unpaired) electrons. The van der Waals surface area contributed by atoms with E-state index in [4.69, 9.17) is 9.47 Å². The second kappa shape index (κ2) is 12.9. The lowest BCUT2D eigenvalue weighted by Gasteiger charge is -2.21. The van der Waals surface area contributed by atoms with Gasteiger partial charge in [-0.3, -0.25) is 14.5 Å². The highest BCUT2D eigenvalue weighted by Gasteiger charge is 2.20. The van der Waals surface area contributed by atoms with Crippen molar-refractivity contribution in [3.8, 4) is 0 Å². The molecule has 1 fully saturated rings. The summed E-state index contributed by atoms with van der Waals surface area (Å²) in [5, 5.41) is 0. The Balaban J connectivity index is 1.29. The van der Waals surface area contributed by atoms with Crippen molar-refractivity contribution >= 4 is 11.9 Å². The molecule has 0 atom stereocenters. The molecular weight excluding hydrogens is 392 g/mol. The van der Waals surface area contributed by atoms with E-state index in [1.807, 2.05) is 65.6 Å². The van der Waals surface area contributed by atoms with Gasteiger partial charge in [-0.25, -0.2) is 0 Å². The summed E-state index contributed by atoms with van der Waals surface area (Å²) < 4.78 is 11.0.